The molecule has 0 aliphatic carbocycles. The Hall–Kier alpha value is -1.82. The van der Waals surface area contributed by atoms with Gasteiger partial charge in [0, 0.05) is 39.2 Å². The number of likely N-dealkylation sites (N-methyl/N-ethyl adjacent to an activating group) is 1. The molecule has 1 aliphatic rings. The van der Waals surface area contributed by atoms with Gasteiger partial charge in [-0.25, -0.2) is 0 Å². The predicted molar refractivity (Wildman–Crippen MR) is 120 cm³/mol. The molecule has 26 heavy (non-hydrogen) atoms. The summed E-state index contributed by atoms with van der Waals surface area (Å²) in [5, 5.41) is 0. The molecule has 2 aromatic carbocycles. The van der Waals surface area contributed by atoms with Crippen molar-refractivity contribution >= 4 is 45.8 Å². The average molecular weight is 460 g/mol. The summed E-state index contributed by atoms with van der Waals surface area (Å²) >= 11 is 2.30. The third-order valence-corrected chi connectivity index (χ3v) is 5.54. The summed E-state index contributed by atoms with van der Waals surface area (Å²) in [5.74, 6) is 0.849. The van der Waals surface area contributed by atoms with Crippen molar-refractivity contribution in [2.45, 2.75) is 33.2 Å². The summed E-state index contributed by atoms with van der Waals surface area (Å²) in [4.78, 5) is 7.04. The fourth-order valence-electron chi connectivity index (χ4n) is 3.65. The van der Waals surface area contributed by atoms with Crippen molar-refractivity contribution in [1.82, 2.24) is 0 Å². The quantitative estimate of drug-likeness (QED) is 0.409. The molecule has 0 radical (unpaired) electrons. The third-order valence-electron chi connectivity index (χ3n) is 4.82. The van der Waals surface area contributed by atoms with E-state index in [0.717, 1.165) is 23.5 Å². The smallest absolute Gasteiger partial charge is 0.129 e. The average Bonchev–Trinajstić information content (AvgIpc) is 2.60. The first kappa shape index (κ1) is 19.0. The van der Waals surface area contributed by atoms with Crippen LogP contribution in [0, 0.1) is 3.57 Å². The summed E-state index contributed by atoms with van der Waals surface area (Å²) in [6.45, 7) is 9.82. The topological polar surface area (TPSA) is 24.8 Å². The highest BCUT2D eigenvalue weighted by molar-refractivity contribution is 14.1. The molecule has 0 saturated heterocycles. The van der Waals surface area contributed by atoms with Crippen LogP contribution in [0.4, 0.5) is 11.4 Å². The Balaban J connectivity index is 2.06. The molecule has 0 spiro atoms. The van der Waals surface area contributed by atoms with Gasteiger partial charge in [-0.15, -0.1) is 0 Å². The molecule has 4 heteroatoms. The van der Waals surface area contributed by atoms with Crippen LogP contribution in [0.3, 0.4) is 0 Å². The predicted octanol–water partition coefficient (Wildman–Crippen LogP) is 6.07. The van der Waals surface area contributed by atoms with Gasteiger partial charge in [0.1, 0.15) is 5.75 Å². The van der Waals surface area contributed by atoms with Gasteiger partial charge >= 0.3 is 0 Å². The second kappa shape index (κ2) is 7.43. The lowest BCUT2D eigenvalue weighted by molar-refractivity contribution is 0.413. The first-order valence-corrected chi connectivity index (χ1v) is 9.92. The maximum absolute atomic E-state index is 5.68. The van der Waals surface area contributed by atoms with Crippen LogP contribution in [0.1, 0.15) is 38.8 Å². The summed E-state index contributed by atoms with van der Waals surface area (Å²) < 4.78 is 6.88. The lowest BCUT2D eigenvalue weighted by Gasteiger charge is -2.43. The Morgan fingerprint density at radius 2 is 1.88 bits per heavy atom. The molecule has 0 unspecified atom stereocenters. The van der Waals surface area contributed by atoms with Gasteiger partial charge in [-0.2, -0.15) is 0 Å². The Labute approximate surface area is 169 Å². The summed E-state index contributed by atoms with van der Waals surface area (Å²) in [6.07, 6.45) is 4.23. The number of nitrogens with zero attached hydrogens (tertiary/aromatic N) is 2. The number of hydrogen-bond donors (Lipinski definition) is 0. The number of allylic oxidation sites excluding steroid dienone is 1. The van der Waals surface area contributed by atoms with Crippen molar-refractivity contribution in [2.24, 2.45) is 4.99 Å². The second-order valence-electron chi connectivity index (χ2n) is 7.07. The zero-order valence-electron chi connectivity index (χ0n) is 16.0. The monoisotopic (exact) mass is 460 g/mol. The number of benzene rings is 2. The molecule has 1 heterocycles. The SMILES string of the molecule is CCN1c2cc(OC)c(C=Nc3ccc(I)cc3)cc2C(C)=CC1(C)C. The minimum atomic E-state index is -0.00632. The van der Waals surface area contributed by atoms with Crippen molar-refractivity contribution in [1.29, 1.82) is 0 Å². The molecule has 0 fully saturated rings. The van der Waals surface area contributed by atoms with Gasteiger partial charge in [0.25, 0.3) is 0 Å². The van der Waals surface area contributed by atoms with E-state index in [2.05, 4.69) is 90.5 Å². The van der Waals surface area contributed by atoms with Crippen molar-refractivity contribution in [3.63, 3.8) is 0 Å². The lowest BCUT2D eigenvalue weighted by Crippen LogP contribution is -2.44. The van der Waals surface area contributed by atoms with Crippen LogP contribution in [-0.4, -0.2) is 25.4 Å². The molecule has 3 nitrogen and oxygen atoms in total. The van der Waals surface area contributed by atoms with E-state index in [1.54, 1.807) is 7.11 Å². The fraction of sp³-hybridized carbons (Fsp3) is 0.318. The molecule has 0 amide bonds. The largest absolute Gasteiger partial charge is 0.496 e. The maximum atomic E-state index is 5.68. The number of methoxy groups -OCH3 is 1. The number of hydrogen-bond acceptors (Lipinski definition) is 3. The Kier molecular flexibility index (Phi) is 5.42. The molecule has 1 aliphatic heterocycles. The van der Waals surface area contributed by atoms with E-state index in [9.17, 15) is 0 Å². The molecule has 3 rings (SSSR count). The van der Waals surface area contributed by atoms with Crippen molar-refractivity contribution < 1.29 is 4.74 Å². The lowest BCUT2D eigenvalue weighted by atomic mass is 9.88. The maximum Gasteiger partial charge on any atom is 0.129 e. The number of rotatable bonds is 4. The van der Waals surface area contributed by atoms with E-state index in [4.69, 9.17) is 4.74 Å². The van der Waals surface area contributed by atoms with Gasteiger partial charge in [-0.3, -0.25) is 4.99 Å². The molecule has 0 saturated carbocycles. The van der Waals surface area contributed by atoms with Crippen molar-refractivity contribution in [3.8, 4) is 5.75 Å². The van der Waals surface area contributed by atoms with E-state index in [0.29, 0.717) is 0 Å². The second-order valence-corrected chi connectivity index (χ2v) is 8.32. The minimum absolute atomic E-state index is 0.00632. The van der Waals surface area contributed by atoms with Crippen LogP contribution in [0.5, 0.6) is 5.75 Å². The van der Waals surface area contributed by atoms with Crippen molar-refractivity contribution in [3.05, 3.63) is 57.2 Å². The molecule has 0 aromatic heterocycles. The van der Waals surface area contributed by atoms with Gasteiger partial charge in [0.05, 0.1) is 18.3 Å². The standard InChI is InChI=1S/C22H25IN2O/c1-6-25-20-12-21(26-5)16(11-19(20)15(2)13-22(25,3)4)14-24-18-9-7-17(23)8-10-18/h7-14H,6H2,1-5H3. The first-order chi connectivity index (χ1) is 12.4. The molecular weight excluding hydrogens is 435 g/mol. The highest BCUT2D eigenvalue weighted by Crippen LogP contribution is 2.41. The van der Waals surface area contributed by atoms with E-state index in [-0.39, 0.29) is 5.54 Å². The normalized spacial score (nSPS) is 15.8. The highest BCUT2D eigenvalue weighted by Gasteiger charge is 2.31. The molecule has 2 aromatic rings. The molecule has 0 atom stereocenters. The van der Waals surface area contributed by atoms with Gasteiger partial charge < -0.3 is 9.64 Å². The summed E-state index contributed by atoms with van der Waals surface area (Å²) in [7, 11) is 1.72. The van der Waals surface area contributed by atoms with Gasteiger partial charge in [0.15, 0.2) is 0 Å². The molecule has 0 N–H and O–H groups in total. The minimum Gasteiger partial charge on any atom is -0.496 e. The Morgan fingerprint density at radius 3 is 2.50 bits per heavy atom. The van der Waals surface area contributed by atoms with Crippen LogP contribution in [0.25, 0.3) is 5.57 Å². The van der Waals surface area contributed by atoms with Crippen LogP contribution in [-0.2, 0) is 0 Å². The van der Waals surface area contributed by atoms with Crippen LogP contribution in [0.2, 0.25) is 0 Å². The Morgan fingerprint density at radius 1 is 1.19 bits per heavy atom. The summed E-state index contributed by atoms with van der Waals surface area (Å²) in [6, 6.07) is 12.5. The molecular formula is C22H25IN2O. The molecule has 0 bridgehead atoms. The molecule has 136 valence electrons. The number of aliphatic imine (C=N–C) groups is 1. The van der Waals surface area contributed by atoms with E-state index >= 15 is 0 Å². The van der Waals surface area contributed by atoms with E-state index in [1.165, 1.54) is 20.4 Å². The van der Waals surface area contributed by atoms with Crippen molar-refractivity contribution in [2.75, 3.05) is 18.6 Å². The van der Waals surface area contributed by atoms with Gasteiger partial charge in [-0.05, 0) is 86.2 Å². The van der Waals surface area contributed by atoms with Crippen LogP contribution < -0.4 is 9.64 Å². The van der Waals surface area contributed by atoms with E-state index in [1.807, 2.05) is 18.3 Å². The van der Waals surface area contributed by atoms with E-state index < -0.39 is 0 Å². The fourth-order valence-corrected chi connectivity index (χ4v) is 4.01. The van der Waals surface area contributed by atoms with Gasteiger partial charge in [0.2, 0.25) is 0 Å². The van der Waals surface area contributed by atoms with Gasteiger partial charge in [-0.1, -0.05) is 6.08 Å². The first-order valence-electron chi connectivity index (χ1n) is 8.85. The zero-order valence-corrected chi connectivity index (χ0v) is 18.2. The third kappa shape index (κ3) is 3.65. The van der Waals surface area contributed by atoms with Crippen LogP contribution in [0.15, 0.2) is 47.5 Å². The number of anilines is 1. The Bertz CT molecular complexity index is 866. The number of fused-ring (bicyclic) bond motifs is 1. The number of ether oxygens (including phenoxy) is 1. The van der Waals surface area contributed by atoms with Crippen LogP contribution >= 0.6 is 22.6 Å². The summed E-state index contributed by atoms with van der Waals surface area (Å²) in [5.41, 5.74) is 5.69. The number of halogens is 1. The zero-order chi connectivity index (χ0) is 18.9. The highest BCUT2D eigenvalue weighted by atomic mass is 127.